The SMILES string of the molecule is CN(C)CCNS(=O)(=O)c1ccc(B(O)O)cc1OC(F)(F)F. The van der Waals surface area contributed by atoms with Crippen molar-refractivity contribution in [3.63, 3.8) is 0 Å². The summed E-state index contributed by atoms with van der Waals surface area (Å²) in [5, 5.41) is 18.0. The van der Waals surface area contributed by atoms with Gasteiger partial charge in [-0.05, 0) is 31.7 Å². The molecule has 0 aliphatic rings. The van der Waals surface area contributed by atoms with Crippen molar-refractivity contribution in [2.45, 2.75) is 11.3 Å². The third-order valence-electron chi connectivity index (χ3n) is 2.63. The number of halogens is 3. The number of alkyl halides is 3. The average Bonchev–Trinajstić information content (AvgIpc) is 2.35. The van der Waals surface area contributed by atoms with Crippen LogP contribution < -0.4 is 14.9 Å². The third-order valence-corrected chi connectivity index (χ3v) is 4.13. The van der Waals surface area contributed by atoms with Crippen LogP contribution in [0.1, 0.15) is 0 Å². The summed E-state index contributed by atoms with van der Waals surface area (Å²) in [5.41, 5.74) is -0.337. The smallest absolute Gasteiger partial charge is 0.423 e. The van der Waals surface area contributed by atoms with E-state index < -0.39 is 34.1 Å². The Labute approximate surface area is 131 Å². The maximum atomic E-state index is 12.4. The van der Waals surface area contributed by atoms with Crippen LogP contribution in [0.15, 0.2) is 23.1 Å². The highest BCUT2D eigenvalue weighted by molar-refractivity contribution is 7.89. The largest absolute Gasteiger partial charge is 0.573 e. The van der Waals surface area contributed by atoms with Crippen molar-refractivity contribution < 1.29 is 36.4 Å². The molecule has 0 heterocycles. The van der Waals surface area contributed by atoms with Crippen molar-refractivity contribution in [3.8, 4) is 5.75 Å². The van der Waals surface area contributed by atoms with E-state index in [1.807, 2.05) is 0 Å². The first-order chi connectivity index (χ1) is 10.4. The predicted octanol–water partition coefficient (Wildman–Crippen LogP) is -0.895. The second-order valence-electron chi connectivity index (χ2n) is 4.83. The lowest BCUT2D eigenvalue weighted by molar-refractivity contribution is -0.275. The zero-order valence-corrected chi connectivity index (χ0v) is 13.1. The van der Waals surface area contributed by atoms with Gasteiger partial charge in [0.1, 0.15) is 10.6 Å². The fourth-order valence-electron chi connectivity index (χ4n) is 1.59. The molecule has 0 fully saturated rings. The quantitative estimate of drug-likeness (QED) is 0.548. The standard InChI is InChI=1S/C11H16BF3N2O5S/c1-17(2)6-5-16-23(20,21)10-4-3-8(12(18)19)7-9(10)22-11(13,14)15/h3-4,7,16,18-19H,5-6H2,1-2H3. The van der Waals surface area contributed by atoms with E-state index in [0.717, 1.165) is 12.1 Å². The Balaban J connectivity index is 3.17. The van der Waals surface area contributed by atoms with Crippen molar-refractivity contribution in [1.82, 2.24) is 9.62 Å². The van der Waals surface area contributed by atoms with Crippen LogP contribution in [-0.4, -0.2) is 64.0 Å². The number of hydrogen-bond donors (Lipinski definition) is 3. The molecule has 1 rings (SSSR count). The second kappa shape index (κ2) is 7.49. The molecule has 1 aromatic carbocycles. The van der Waals surface area contributed by atoms with E-state index in [1.165, 1.54) is 0 Å². The first kappa shape index (κ1) is 19.7. The number of nitrogens with zero attached hydrogens (tertiary/aromatic N) is 1. The molecule has 7 nitrogen and oxygen atoms in total. The molecule has 12 heteroatoms. The van der Waals surface area contributed by atoms with Gasteiger partial charge in [0.05, 0.1) is 0 Å². The Hall–Kier alpha value is -1.34. The number of likely N-dealkylation sites (N-methyl/N-ethyl adjacent to an activating group) is 1. The molecule has 1 aromatic rings. The van der Waals surface area contributed by atoms with Gasteiger partial charge in [0.2, 0.25) is 10.0 Å². The fourth-order valence-corrected chi connectivity index (χ4v) is 2.72. The molecule has 0 spiro atoms. The number of nitrogens with one attached hydrogen (secondary N) is 1. The molecule has 0 aliphatic heterocycles. The van der Waals surface area contributed by atoms with Crippen LogP contribution in [0.3, 0.4) is 0 Å². The summed E-state index contributed by atoms with van der Waals surface area (Å²) in [4.78, 5) is 0.930. The monoisotopic (exact) mass is 356 g/mol. The van der Waals surface area contributed by atoms with Crippen LogP contribution in [0.2, 0.25) is 0 Å². The maximum Gasteiger partial charge on any atom is 0.573 e. The normalized spacial score (nSPS) is 12.5. The number of sulfonamides is 1. The van der Waals surface area contributed by atoms with E-state index in [9.17, 15) is 21.6 Å². The van der Waals surface area contributed by atoms with Gasteiger partial charge in [-0.2, -0.15) is 0 Å². The molecule has 130 valence electrons. The molecule has 0 aromatic heterocycles. The molecular formula is C11H16BF3N2O5S. The molecule has 0 unspecified atom stereocenters. The molecular weight excluding hydrogens is 340 g/mol. The van der Waals surface area contributed by atoms with E-state index in [4.69, 9.17) is 10.0 Å². The van der Waals surface area contributed by atoms with Gasteiger partial charge in [-0.15, -0.1) is 13.2 Å². The lowest BCUT2D eigenvalue weighted by Gasteiger charge is -2.16. The molecule has 0 atom stereocenters. The van der Waals surface area contributed by atoms with E-state index >= 15 is 0 Å². The average molecular weight is 356 g/mol. The van der Waals surface area contributed by atoms with Crippen LogP contribution in [-0.2, 0) is 10.0 Å². The van der Waals surface area contributed by atoms with Crippen LogP contribution >= 0.6 is 0 Å². The molecule has 0 amide bonds. The minimum Gasteiger partial charge on any atom is -0.423 e. The highest BCUT2D eigenvalue weighted by Gasteiger charge is 2.34. The van der Waals surface area contributed by atoms with Crippen LogP contribution in [0.5, 0.6) is 5.75 Å². The van der Waals surface area contributed by atoms with Crippen LogP contribution in [0, 0.1) is 0 Å². The molecule has 0 aliphatic carbocycles. The summed E-state index contributed by atoms with van der Waals surface area (Å²) in [5.74, 6) is -1.04. The molecule has 3 N–H and O–H groups in total. The highest BCUT2D eigenvalue weighted by Crippen LogP contribution is 2.28. The minimum atomic E-state index is -5.13. The van der Waals surface area contributed by atoms with Gasteiger partial charge in [0, 0.05) is 13.1 Å². The first-order valence-electron chi connectivity index (χ1n) is 6.32. The van der Waals surface area contributed by atoms with Crippen molar-refractivity contribution in [1.29, 1.82) is 0 Å². The molecule has 0 bridgehead atoms. The molecule has 0 radical (unpaired) electrons. The number of rotatable bonds is 7. The summed E-state index contributed by atoms with van der Waals surface area (Å²) in [6.45, 7) is 0.313. The predicted molar refractivity (Wildman–Crippen MR) is 76.7 cm³/mol. The zero-order valence-electron chi connectivity index (χ0n) is 12.3. The molecule has 23 heavy (non-hydrogen) atoms. The first-order valence-corrected chi connectivity index (χ1v) is 7.81. The Morgan fingerprint density at radius 3 is 2.39 bits per heavy atom. The zero-order chi connectivity index (χ0) is 17.8. The summed E-state index contributed by atoms with van der Waals surface area (Å²) in [6.07, 6.45) is -5.13. The van der Waals surface area contributed by atoms with Gasteiger partial charge < -0.3 is 19.7 Å². The summed E-state index contributed by atoms with van der Waals surface area (Å²) in [6, 6.07) is 2.40. The summed E-state index contributed by atoms with van der Waals surface area (Å²) >= 11 is 0. The van der Waals surface area contributed by atoms with Crippen molar-refractivity contribution in [3.05, 3.63) is 18.2 Å². The number of hydrogen-bond acceptors (Lipinski definition) is 6. The third kappa shape index (κ3) is 6.35. The summed E-state index contributed by atoms with van der Waals surface area (Å²) < 4.78 is 67.3. The Morgan fingerprint density at radius 1 is 1.30 bits per heavy atom. The summed E-state index contributed by atoms with van der Waals surface area (Å²) in [7, 11) is -2.94. The van der Waals surface area contributed by atoms with Crippen molar-refractivity contribution >= 4 is 22.6 Å². The van der Waals surface area contributed by atoms with E-state index in [-0.39, 0.29) is 12.0 Å². The Bertz CT molecular complexity index is 637. The van der Waals surface area contributed by atoms with Crippen molar-refractivity contribution in [2.24, 2.45) is 0 Å². The van der Waals surface area contributed by atoms with Crippen LogP contribution in [0.25, 0.3) is 0 Å². The minimum absolute atomic E-state index is 0.0227. The van der Waals surface area contributed by atoms with Crippen LogP contribution in [0.4, 0.5) is 13.2 Å². The van der Waals surface area contributed by atoms with Gasteiger partial charge >= 0.3 is 13.5 Å². The van der Waals surface area contributed by atoms with Crippen molar-refractivity contribution in [2.75, 3.05) is 27.2 Å². The lowest BCUT2D eigenvalue weighted by Crippen LogP contribution is -2.34. The molecule has 0 saturated heterocycles. The highest BCUT2D eigenvalue weighted by atomic mass is 32.2. The molecule has 0 saturated carbocycles. The van der Waals surface area contributed by atoms with E-state index in [2.05, 4.69) is 9.46 Å². The van der Waals surface area contributed by atoms with E-state index in [1.54, 1.807) is 19.0 Å². The Morgan fingerprint density at radius 2 is 1.91 bits per heavy atom. The van der Waals surface area contributed by atoms with Gasteiger partial charge in [-0.1, -0.05) is 6.07 Å². The van der Waals surface area contributed by atoms with Gasteiger partial charge in [-0.3, -0.25) is 0 Å². The fraction of sp³-hybridized carbons (Fsp3) is 0.455. The van der Waals surface area contributed by atoms with Gasteiger partial charge in [-0.25, -0.2) is 13.1 Å². The topological polar surface area (TPSA) is 99.1 Å². The lowest BCUT2D eigenvalue weighted by atomic mass is 9.80. The van der Waals surface area contributed by atoms with Gasteiger partial charge in [0.25, 0.3) is 0 Å². The van der Waals surface area contributed by atoms with Gasteiger partial charge in [0.15, 0.2) is 0 Å². The van der Waals surface area contributed by atoms with E-state index in [0.29, 0.717) is 12.6 Å². The Kier molecular flexibility index (Phi) is 6.42. The second-order valence-corrected chi connectivity index (χ2v) is 6.56. The number of ether oxygens (including phenoxy) is 1. The maximum absolute atomic E-state index is 12.4. The number of benzene rings is 1.